The zero-order valence-corrected chi connectivity index (χ0v) is 28.6. The van der Waals surface area contributed by atoms with E-state index in [2.05, 4.69) is 135 Å². The molecule has 2 radical (unpaired) electrons. The van der Waals surface area contributed by atoms with E-state index in [9.17, 15) is 0 Å². The van der Waals surface area contributed by atoms with Crippen LogP contribution in [-0.4, -0.2) is 22.6 Å². The fraction of sp³-hybridized carbons (Fsp3) is 0.156. The number of nitrogens with zero attached hydrogens (tertiary/aromatic N) is 1. The Labute approximate surface area is 249 Å². The molecule has 1 aromatic heterocycles. The van der Waals surface area contributed by atoms with Gasteiger partial charge < -0.3 is 0 Å². The maximum absolute atomic E-state index is 4.93. The fourth-order valence-electron chi connectivity index (χ4n) is 4.21. The van der Waals surface area contributed by atoms with E-state index in [-0.39, 0.29) is 0 Å². The molecule has 0 saturated carbocycles. The van der Waals surface area contributed by atoms with E-state index >= 15 is 0 Å². The number of aromatic nitrogens is 1. The monoisotopic (exact) mass is 647 g/mol. The van der Waals surface area contributed by atoms with Crippen LogP contribution in [0.1, 0.15) is 0 Å². The number of benzene rings is 3. The molecule has 6 rings (SSSR count). The smallest absolute Gasteiger partial charge is 0.0809 e. The Balaban J connectivity index is 0.000000219. The molecule has 0 amide bonds. The van der Waals surface area contributed by atoms with Gasteiger partial charge in [0.15, 0.2) is 0 Å². The summed E-state index contributed by atoms with van der Waals surface area (Å²) >= 11 is -0.826. The van der Waals surface area contributed by atoms with Gasteiger partial charge >= 0.3 is 37.9 Å². The van der Waals surface area contributed by atoms with E-state index in [0.717, 1.165) is 15.0 Å². The van der Waals surface area contributed by atoms with E-state index in [1.165, 1.54) is 43.2 Å². The van der Waals surface area contributed by atoms with Crippen molar-refractivity contribution in [3.05, 3.63) is 109 Å². The Kier molecular flexibility index (Phi) is 12.2. The van der Waals surface area contributed by atoms with E-state index in [1.807, 2.05) is 12.3 Å². The van der Waals surface area contributed by atoms with Gasteiger partial charge in [-0.1, -0.05) is 68.6 Å². The molecule has 6 aromatic rings. The largest absolute Gasteiger partial charge is 0.168 e. The van der Waals surface area contributed by atoms with Crippen molar-refractivity contribution in [2.45, 2.75) is 32.7 Å². The molecule has 0 spiro atoms. The summed E-state index contributed by atoms with van der Waals surface area (Å²) in [5.41, 5.74) is 3.53. The standard InChI is InChI=1S/C21H20NSi.C9H7.C2H6Si.2ClH.Zr/c1-23(2,3)18-12-15-8-6-9-19(20(15)13-18)17-11-16-7-4-5-10-21(16)22-14-17;1-2-5-9-7-3-6-8(9)4-1;1-3-2;;;/h4-14H,1-3H3;1-7H;1-2H3;2*1H;/q2*-1;;;;+4/p-2. The van der Waals surface area contributed by atoms with Gasteiger partial charge in [0.25, 0.3) is 0 Å². The first-order valence-electron chi connectivity index (χ1n) is 12.5. The zero-order chi connectivity index (χ0) is 27.5. The second-order valence-electron chi connectivity index (χ2n) is 9.95. The van der Waals surface area contributed by atoms with Crippen LogP contribution in [0.2, 0.25) is 32.7 Å². The van der Waals surface area contributed by atoms with Gasteiger partial charge in [0.1, 0.15) is 0 Å². The zero-order valence-electron chi connectivity index (χ0n) is 22.6. The molecule has 0 unspecified atom stereocenters. The maximum atomic E-state index is 4.93. The molecule has 0 bridgehead atoms. The first-order chi connectivity index (χ1) is 18.3. The average molecular weight is 650 g/mol. The summed E-state index contributed by atoms with van der Waals surface area (Å²) in [4.78, 5) is 4.63. The minimum atomic E-state index is -1.30. The van der Waals surface area contributed by atoms with Crippen LogP contribution in [0.3, 0.4) is 0 Å². The van der Waals surface area contributed by atoms with Gasteiger partial charge in [-0.2, -0.15) is 23.6 Å². The molecular weight excluding hydrogens is 617 g/mol. The quantitative estimate of drug-likeness (QED) is 0.134. The number of rotatable bonds is 2. The molecule has 0 aliphatic heterocycles. The molecule has 38 heavy (non-hydrogen) atoms. The predicted molar refractivity (Wildman–Crippen MR) is 172 cm³/mol. The second kappa shape index (κ2) is 15.1. The van der Waals surface area contributed by atoms with Crippen LogP contribution < -0.4 is 5.19 Å². The normalized spacial score (nSPS) is 10.5. The van der Waals surface area contributed by atoms with E-state index in [0.29, 0.717) is 0 Å². The van der Waals surface area contributed by atoms with Crippen LogP contribution in [0.4, 0.5) is 0 Å². The third kappa shape index (κ3) is 8.34. The average Bonchev–Trinajstić information content (AvgIpc) is 3.57. The van der Waals surface area contributed by atoms with Gasteiger partial charge in [-0.15, -0.1) is 63.8 Å². The van der Waals surface area contributed by atoms with Gasteiger partial charge in [0, 0.05) is 21.1 Å². The molecule has 0 atom stereocenters. The number of hydrogen-bond donors (Lipinski definition) is 0. The van der Waals surface area contributed by atoms with Crippen molar-refractivity contribution >= 4 is 72.3 Å². The second-order valence-corrected chi connectivity index (χ2v) is 19.8. The molecule has 1 nitrogen and oxygen atoms in total. The van der Waals surface area contributed by atoms with Gasteiger partial charge in [0.05, 0.1) is 13.6 Å². The van der Waals surface area contributed by atoms with Crippen LogP contribution >= 0.6 is 17.0 Å². The van der Waals surface area contributed by atoms with Crippen molar-refractivity contribution < 1.29 is 20.8 Å². The van der Waals surface area contributed by atoms with Gasteiger partial charge in [-0.3, -0.25) is 4.98 Å². The SMILES string of the molecule is C[Si](C)(C)c1cc2c(-c3cnc4ccccc4c3)cccc2[cH-]1.C[Si]C.[Cl][Zr+2][Cl].c1ccc2[cH-]ccc2c1. The summed E-state index contributed by atoms with van der Waals surface area (Å²) in [6.07, 6.45) is 2.00. The number of para-hydroxylation sites is 1. The van der Waals surface area contributed by atoms with Crippen molar-refractivity contribution in [3.8, 4) is 11.1 Å². The Morgan fingerprint density at radius 3 is 2.11 bits per heavy atom. The van der Waals surface area contributed by atoms with Crippen molar-refractivity contribution in [2.75, 3.05) is 0 Å². The molecule has 0 saturated heterocycles. The molecule has 0 fully saturated rings. The number of pyridine rings is 1. The topological polar surface area (TPSA) is 12.9 Å². The van der Waals surface area contributed by atoms with Crippen molar-refractivity contribution in [3.63, 3.8) is 0 Å². The van der Waals surface area contributed by atoms with Gasteiger partial charge in [-0.25, -0.2) is 0 Å². The van der Waals surface area contributed by atoms with Crippen LogP contribution in [0.15, 0.2) is 109 Å². The summed E-state index contributed by atoms with van der Waals surface area (Å²) in [7, 11) is 9.65. The molecule has 0 aliphatic carbocycles. The molecule has 5 aromatic carbocycles. The van der Waals surface area contributed by atoms with Crippen LogP contribution in [0, 0.1) is 0 Å². The number of fused-ring (bicyclic) bond motifs is 3. The first-order valence-corrected chi connectivity index (χ1v) is 24.4. The summed E-state index contributed by atoms with van der Waals surface area (Å²) in [6, 6.07) is 36.6. The van der Waals surface area contributed by atoms with Crippen LogP contribution in [0.25, 0.3) is 43.6 Å². The first kappa shape index (κ1) is 30.7. The fourth-order valence-corrected chi connectivity index (χ4v) is 5.37. The maximum Gasteiger partial charge on any atom is -0.0809 e. The van der Waals surface area contributed by atoms with Gasteiger partial charge in [0.2, 0.25) is 0 Å². The van der Waals surface area contributed by atoms with Crippen LogP contribution in [0.5, 0.6) is 0 Å². The minimum Gasteiger partial charge on any atom is -0.168 e. The summed E-state index contributed by atoms with van der Waals surface area (Å²) in [6.45, 7) is 11.5. The van der Waals surface area contributed by atoms with Crippen molar-refractivity contribution in [2.24, 2.45) is 0 Å². The summed E-state index contributed by atoms with van der Waals surface area (Å²) in [5.74, 6) is 0. The molecule has 6 heteroatoms. The van der Waals surface area contributed by atoms with E-state index < -0.39 is 28.9 Å². The van der Waals surface area contributed by atoms with E-state index in [4.69, 9.17) is 17.0 Å². The summed E-state index contributed by atoms with van der Waals surface area (Å²) in [5, 5.41) is 8.07. The molecule has 192 valence electrons. The molecular formula is C32H33Cl2NSi2Zr. The van der Waals surface area contributed by atoms with Crippen molar-refractivity contribution in [1.29, 1.82) is 0 Å². The Morgan fingerprint density at radius 2 is 1.42 bits per heavy atom. The molecule has 1 heterocycles. The molecule has 0 aliphatic rings. The van der Waals surface area contributed by atoms with Crippen molar-refractivity contribution in [1.82, 2.24) is 4.98 Å². The Hall–Kier alpha value is -1.81. The summed E-state index contributed by atoms with van der Waals surface area (Å²) < 4.78 is 0. The Bertz CT molecular complexity index is 1530. The predicted octanol–water partition coefficient (Wildman–Crippen LogP) is 10.0. The number of halogens is 2. The van der Waals surface area contributed by atoms with E-state index in [1.54, 1.807) is 0 Å². The van der Waals surface area contributed by atoms with Gasteiger partial charge in [-0.05, 0) is 17.7 Å². The minimum absolute atomic E-state index is 0.826. The number of hydrogen-bond acceptors (Lipinski definition) is 1. The third-order valence-electron chi connectivity index (χ3n) is 6.07. The Morgan fingerprint density at radius 1 is 0.789 bits per heavy atom. The molecule has 0 N–H and O–H groups in total. The van der Waals surface area contributed by atoms with Crippen LogP contribution in [-0.2, 0) is 20.8 Å². The third-order valence-corrected chi connectivity index (χ3v) is 8.09.